The minimum atomic E-state index is -0.248. The second-order valence-electron chi connectivity index (χ2n) is 6.01. The molecule has 0 aliphatic heterocycles. The Hall–Kier alpha value is -2.45. The Morgan fingerprint density at radius 3 is 2.54 bits per heavy atom. The Morgan fingerprint density at radius 2 is 1.88 bits per heavy atom. The Morgan fingerprint density at radius 1 is 1.19 bits per heavy atom. The molecule has 6 nitrogen and oxygen atoms in total. The fourth-order valence-electron chi connectivity index (χ4n) is 2.88. The van der Waals surface area contributed by atoms with Gasteiger partial charge in [0.05, 0.1) is 11.4 Å². The maximum atomic E-state index is 13.0. The third-order valence-electron chi connectivity index (χ3n) is 4.29. The van der Waals surface area contributed by atoms with E-state index in [4.69, 9.17) is 0 Å². The van der Waals surface area contributed by atoms with Gasteiger partial charge in [0.1, 0.15) is 15.0 Å². The zero-order valence-corrected chi connectivity index (χ0v) is 16.6. The van der Waals surface area contributed by atoms with Crippen LogP contribution >= 0.6 is 27.3 Å². The number of pyridine rings is 1. The van der Waals surface area contributed by atoms with Gasteiger partial charge >= 0.3 is 0 Å². The van der Waals surface area contributed by atoms with Gasteiger partial charge in [0.15, 0.2) is 5.78 Å². The van der Waals surface area contributed by atoms with Crippen LogP contribution in [0.2, 0.25) is 0 Å². The summed E-state index contributed by atoms with van der Waals surface area (Å²) >= 11 is 4.86. The van der Waals surface area contributed by atoms with Crippen LogP contribution in [0, 0.1) is 13.8 Å². The average Bonchev–Trinajstić information content (AvgIpc) is 2.99. The Labute approximate surface area is 160 Å². The van der Waals surface area contributed by atoms with Crippen LogP contribution in [0.15, 0.2) is 33.5 Å². The van der Waals surface area contributed by atoms with Crippen molar-refractivity contribution in [2.75, 3.05) is 0 Å². The van der Waals surface area contributed by atoms with E-state index in [0.717, 1.165) is 25.9 Å². The fraction of sp³-hybridized carbons (Fsp3) is 0.167. The third kappa shape index (κ3) is 2.48. The highest BCUT2D eigenvalue weighted by Crippen LogP contribution is 2.35. The number of ketones is 1. The molecule has 0 spiro atoms. The molecule has 0 aliphatic rings. The Kier molecular flexibility index (Phi) is 3.96. The lowest BCUT2D eigenvalue weighted by atomic mass is 10.1. The molecular formula is C18H13BrN4O2S. The van der Waals surface area contributed by atoms with Crippen LogP contribution in [0.1, 0.15) is 28.5 Å². The van der Waals surface area contributed by atoms with E-state index in [0.29, 0.717) is 21.5 Å². The summed E-state index contributed by atoms with van der Waals surface area (Å²) in [7, 11) is 0. The summed E-state index contributed by atoms with van der Waals surface area (Å²) in [6.45, 7) is 5.39. The molecular weight excluding hydrogens is 416 g/mol. The van der Waals surface area contributed by atoms with Crippen LogP contribution < -0.4 is 5.56 Å². The number of halogens is 1. The average molecular weight is 429 g/mol. The summed E-state index contributed by atoms with van der Waals surface area (Å²) in [6.07, 6.45) is 0. The molecule has 0 saturated heterocycles. The summed E-state index contributed by atoms with van der Waals surface area (Å²) < 4.78 is 2.67. The van der Waals surface area contributed by atoms with E-state index in [-0.39, 0.29) is 11.3 Å². The van der Waals surface area contributed by atoms with Crippen molar-refractivity contribution in [3.05, 3.63) is 55.9 Å². The number of rotatable bonds is 2. The first-order valence-electron chi connectivity index (χ1n) is 7.84. The molecule has 26 heavy (non-hydrogen) atoms. The highest BCUT2D eigenvalue weighted by molar-refractivity contribution is 9.10. The summed E-state index contributed by atoms with van der Waals surface area (Å²) in [5.74, 6) is -0.0302. The molecule has 1 aromatic carbocycles. The molecule has 8 heteroatoms. The molecule has 4 aromatic rings. The van der Waals surface area contributed by atoms with Crippen LogP contribution in [-0.4, -0.2) is 25.8 Å². The Bertz CT molecular complexity index is 1260. The minimum Gasteiger partial charge on any atom is -0.295 e. The van der Waals surface area contributed by atoms with E-state index in [9.17, 15) is 9.59 Å². The summed E-state index contributed by atoms with van der Waals surface area (Å²) in [5.41, 5.74) is 3.33. The monoisotopic (exact) mass is 428 g/mol. The number of aryl methyl sites for hydroxylation is 2. The lowest BCUT2D eigenvalue weighted by Crippen LogP contribution is -2.21. The molecule has 0 bridgehead atoms. The van der Waals surface area contributed by atoms with E-state index in [2.05, 4.69) is 31.2 Å². The summed E-state index contributed by atoms with van der Waals surface area (Å²) in [6, 6.07) is 6.73. The number of hydrogen-bond acceptors (Lipinski definition) is 6. The molecule has 0 radical (unpaired) electrons. The van der Waals surface area contributed by atoms with Crippen molar-refractivity contribution >= 4 is 53.5 Å². The van der Waals surface area contributed by atoms with Crippen LogP contribution in [-0.2, 0) is 0 Å². The molecule has 130 valence electrons. The zero-order chi connectivity index (χ0) is 18.6. The van der Waals surface area contributed by atoms with Gasteiger partial charge in [-0.2, -0.15) is 4.68 Å². The molecule has 3 heterocycles. The minimum absolute atomic E-state index is 0.0302. The van der Waals surface area contributed by atoms with Crippen LogP contribution in [0.3, 0.4) is 0 Å². The number of thiophene rings is 1. The van der Waals surface area contributed by atoms with Crippen molar-refractivity contribution in [3.63, 3.8) is 0 Å². The molecule has 0 N–H and O–H groups in total. The van der Waals surface area contributed by atoms with Crippen molar-refractivity contribution in [1.82, 2.24) is 20.0 Å². The van der Waals surface area contributed by atoms with Gasteiger partial charge in [0.25, 0.3) is 5.56 Å². The fourth-order valence-corrected chi connectivity index (χ4v) is 4.31. The number of carbonyl (C=O) groups is 1. The van der Waals surface area contributed by atoms with E-state index in [1.165, 1.54) is 22.9 Å². The third-order valence-corrected chi connectivity index (χ3v) is 6.52. The van der Waals surface area contributed by atoms with E-state index in [1.54, 1.807) is 24.3 Å². The second kappa shape index (κ2) is 6.07. The van der Waals surface area contributed by atoms with Crippen molar-refractivity contribution in [3.8, 4) is 5.69 Å². The first kappa shape index (κ1) is 17.0. The summed E-state index contributed by atoms with van der Waals surface area (Å²) in [5, 5.41) is 9.24. The van der Waals surface area contributed by atoms with E-state index < -0.39 is 0 Å². The number of Topliss-reactive ketones (excluding diaryl/α,β-unsaturated/α-hetero) is 1. The second-order valence-corrected chi connectivity index (χ2v) is 7.80. The maximum Gasteiger partial charge on any atom is 0.292 e. The molecule has 0 saturated carbocycles. The van der Waals surface area contributed by atoms with Gasteiger partial charge in [0.2, 0.25) is 0 Å². The zero-order valence-electron chi connectivity index (χ0n) is 14.2. The smallest absolute Gasteiger partial charge is 0.292 e. The number of fused-ring (bicyclic) bond motifs is 3. The molecule has 0 fully saturated rings. The van der Waals surface area contributed by atoms with Gasteiger partial charge in [0, 0.05) is 15.4 Å². The van der Waals surface area contributed by atoms with E-state index in [1.807, 2.05) is 13.8 Å². The van der Waals surface area contributed by atoms with Gasteiger partial charge in [-0.05, 0) is 66.5 Å². The first-order valence-corrected chi connectivity index (χ1v) is 9.45. The lowest BCUT2D eigenvalue weighted by molar-refractivity contribution is 0.101. The summed E-state index contributed by atoms with van der Waals surface area (Å²) in [4.78, 5) is 29.7. The molecule has 0 aliphatic carbocycles. The van der Waals surface area contributed by atoms with Gasteiger partial charge in [-0.25, -0.2) is 4.98 Å². The highest BCUT2D eigenvalue weighted by atomic mass is 79.9. The van der Waals surface area contributed by atoms with Crippen molar-refractivity contribution in [2.45, 2.75) is 20.8 Å². The van der Waals surface area contributed by atoms with Crippen LogP contribution in [0.4, 0.5) is 0 Å². The quantitative estimate of drug-likeness (QED) is 0.451. The largest absolute Gasteiger partial charge is 0.295 e. The predicted molar refractivity (Wildman–Crippen MR) is 105 cm³/mol. The van der Waals surface area contributed by atoms with Gasteiger partial charge in [-0.1, -0.05) is 5.21 Å². The van der Waals surface area contributed by atoms with Crippen molar-refractivity contribution < 1.29 is 4.79 Å². The lowest BCUT2D eigenvalue weighted by Gasteiger charge is -2.05. The molecule has 0 atom stereocenters. The predicted octanol–water partition coefficient (Wildman–Crippen LogP) is 3.97. The topological polar surface area (TPSA) is 77.7 Å². The van der Waals surface area contributed by atoms with Gasteiger partial charge < -0.3 is 0 Å². The first-order chi connectivity index (χ1) is 12.4. The number of benzene rings is 1. The SMILES string of the molecule is CC(=O)c1ccc(-n2nnc3c(sc4nc(C)c(Br)c(C)c43)c2=O)cc1. The molecule has 0 unspecified atom stereocenters. The van der Waals surface area contributed by atoms with Crippen molar-refractivity contribution in [2.24, 2.45) is 0 Å². The number of nitrogens with zero attached hydrogens (tertiary/aromatic N) is 4. The molecule has 3 aromatic heterocycles. The highest BCUT2D eigenvalue weighted by Gasteiger charge is 2.18. The maximum absolute atomic E-state index is 13.0. The number of aromatic nitrogens is 4. The molecule has 0 amide bonds. The number of hydrogen-bond donors (Lipinski definition) is 0. The normalized spacial score (nSPS) is 11.4. The standard InChI is InChI=1S/C18H13BrN4O2S/c1-8-13-15-16(26-17(13)20-9(2)14(8)19)18(25)23(22-21-15)12-6-4-11(5-7-12)10(3)24/h4-7H,1-3H3. The van der Waals surface area contributed by atoms with Gasteiger partial charge in [-0.15, -0.1) is 16.4 Å². The Balaban J connectivity index is 1.98. The van der Waals surface area contributed by atoms with Crippen molar-refractivity contribution in [1.29, 1.82) is 0 Å². The van der Waals surface area contributed by atoms with Crippen LogP contribution in [0.5, 0.6) is 0 Å². The van der Waals surface area contributed by atoms with Crippen LogP contribution in [0.25, 0.3) is 26.1 Å². The van der Waals surface area contributed by atoms with Gasteiger partial charge in [-0.3, -0.25) is 9.59 Å². The molecule has 4 rings (SSSR count). The number of carbonyl (C=O) groups excluding carboxylic acids is 1. The van der Waals surface area contributed by atoms with E-state index >= 15 is 0 Å².